The average Bonchev–Trinajstić information content (AvgIpc) is 2.70. The van der Waals surface area contributed by atoms with Gasteiger partial charge in [-0.3, -0.25) is 9.59 Å². The van der Waals surface area contributed by atoms with Crippen molar-refractivity contribution in [2.75, 3.05) is 20.2 Å². The minimum atomic E-state index is -0.580. The number of amides is 1. The van der Waals surface area contributed by atoms with Crippen LogP contribution in [0.25, 0.3) is 0 Å². The van der Waals surface area contributed by atoms with Crippen molar-refractivity contribution < 1.29 is 19.1 Å². The molecule has 0 aliphatic carbocycles. The Hall–Kier alpha value is -2.24. The number of ketones is 1. The highest BCUT2D eigenvalue weighted by atomic mass is 35.5. The molecule has 1 amide bonds. The number of aryl methyl sites for hydroxylation is 2. The van der Waals surface area contributed by atoms with Gasteiger partial charge in [-0.2, -0.15) is 0 Å². The number of hydrogen-bond acceptors (Lipinski definition) is 4. The lowest BCUT2D eigenvalue weighted by molar-refractivity contribution is -0.00623. The van der Waals surface area contributed by atoms with E-state index >= 15 is 0 Å². The molecule has 4 rings (SSSR count). The quantitative estimate of drug-likeness (QED) is 0.629. The fourth-order valence-electron chi connectivity index (χ4n) is 4.42. The number of Topliss-reactive ketones (excluding diaryl/α,β-unsaturated/α-hetero) is 1. The summed E-state index contributed by atoms with van der Waals surface area (Å²) in [5, 5.41) is 0.632. The van der Waals surface area contributed by atoms with Crippen LogP contribution in [0.5, 0.6) is 11.5 Å². The van der Waals surface area contributed by atoms with Crippen molar-refractivity contribution in [3.05, 3.63) is 56.6 Å². The normalized spacial score (nSPS) is 17.5. The molecule has 0 N–H and O–H groups in total. The Kier molecular flexibility index (Phi) is 5.45. The summed E-state index contributed by atoms with van der Waals surface area (Å²) in [7, 11) is 1.46. The highest BCUT2D eigenvalue weighted by Crippen LogP contribution is 2.42. The van der Waals surface area contributed by atoms with E-state index in [0.717, 1.165) is 11.1 Å². The molecule has 1 fully saturated rings. The fraction of sp³-hybridized carbons (Fsp3) is 0.391. The first-order valence-electron chi connectivity index (χ1n) is 9.89. The molecular weight excluding hydrogens is 425 g/mol. The van der Waals surface area contributed by atoms with Gasteiger partial charge in [0.05, 0.1) is 29.1 Å². The predicted octanol–water partition coefficient (Wildman–Crippen LogP) is 5.26. The standard InChI is InChI=1S/C23H23Cl2NO4/c1-13-10-14(2)20-15(11-13)18(27)12-23(30-20)6-8-26(9-7-23)22(28)19-16(24)4-5-17(25)21(19)29-3/h4-5,10-11H,6-9,12H2,1-3H3. The van der Waals surface area contributed by atoms with Gasteiger partial charge in [-0.25, -0.2) is 0 Å². The molecule has 0 saturated carbocycles. The first-order chi connectivity index (χ1) is 14.2. The molecule has 1 saturated heterocycles. The van der Waals surface area contributed by atoms with E-state index in [1.165, 1.54) is 7.11 Å². The van der Waals surface area contributed by atoms with Crippen LogP contribution in [0.3, 0.4) is 0 Å². The molecule has 2 heterocycles. The van der Waals surface area contributed by atoms with Crippen molar-refractivity contribution in [3.8, 4) is 11.5 Å². The van der Waals surface area contributed by atoms with E-state index < -0.39 is 5.60 Å². The van der Waals surface area contributed by atoms with Gasteiger partial charge in [-0.15, -0.1) is 0 Å². The van der Waals surface area contributed by atoms with Gasteiger partial charge in [-0.1, -0.05) is 29.3 Å². The molecule has 0 bridgehead atoms. The third kappa shape index (κ3) is 3.54. The lowest BCUT2D eigenvalue weighted by Crippen LogP contribution is -2.52. The predicted molar refractivity (Wildman–Crippen MR) is 116 cm³/mol. The number of methoxy groups -OCH3 is 1. The van der Waals surface area contributed by atoms with Gasteiger partial charge in [0.25, 0.3) is 5.91 Å². The Bertz CT molecular complexity index is 1040. The molecule has 2 aromatic carbocycles. The first-order valence-corrected chi connectivity index (χ1v) is 10.6. The van der Waals surface area contributed by atoms with Crippen molar-refractivity contribution in [2.45, 2.75) is 38.7 Å². The smallest absolute Gasteiger partial charge is 0.259 e. The zero-order valence-corrected chi connectivity index (χ0v) is 18.7. The largest absolute Gasteiger partial charge is 0.494 e. The Labute approximate surface area is 185 Å². The maximum absolute atomic E-state index is 13.2. The Morgan fingerprint density at radius 3 is 2.47 bits per heavy atom. The Morgan fingerprint density at radius 1 is 1.13 bits per heavy atom. The van der Waals surface area contributed by atoms with E-state index in [-0.39, 0.29) is 23.0 Å². The Morgan fingerprint density at radius 2 is 1.80 bits per heavy atom. The number of carbonyl (C=O) groups excluding carboxylic acids is 2. The number of likely N-dealkylation sites (tertiary alicyclic amines) is 1. The van der Waals surface area contributed by atoms with E-state index in [1.807, 2.05) is 26.0 Å². The lowest BCUT2D eigenvalue weighted by atomic mass is 9.81. The number of halogens is 2. The van der Waals surface area contributed by atoms with E-state index in [2.05, 4.69) is 0 Å². The molecule has 0 aromatic heterocycles. The van der Waals surface area contributed by atoms with Gasteiger partial charge in [0.1, 0.15) is 16.9 Å². The number of rotatable bonds is 2. The van der Waals surface area contributed by atoms with E-state index in [4.69, 9.17) is 32.7 Å². The van der Waals surface area contributed by atoms with Crippen molar-refractivity contribution in [2.24, 2.45) is 0 Å². The van der Waals surface area contributed by atoms with Crippen LogP contribution in [0.1, 0.15) is 51.1 Å². The lowest BCUT2D eigenvalue weighted by Gasteiger charge is -2.44. The van der Waals surface area contributed by atoms with Crippen LogP contribution in [0.2, 0.25) is 10.0 Å². The molecule has 0 atom stereocenters. The number of carbonyl (C=O) groups is 2. The second kappa shape index (κ2) is 7.78. The summed E-state index contributed by atoms with van der Waals surface area (Å²) < 4.78 is 11.7. The topological polar surface area (TPSA) is 55.8 Å². The van der Waals surface area contributed by atoms with E-state index in [1.54, 1.807) is 17.0 Å². The van der Waals surface area contributed by atoms with Crippen molar-refractivity contribution in [1.29, 1.82) is 0 Å². The summed E-state index contributed by atoms with van der Waals surface area (Å²) in [5.74, 6) is 0.820. The summed E-state index contributed by atoms with van der Waals surface area (Å²) >= 11 is 12.5. The highest BCUT2D eigenvalue weighted by molar-refractivity contribution is 6.37. The molecule has 0 radical (unpaired) electrons. The van der Waals surface area contributed by atoms with Crippen LogP contribution in [-0.4, -0.2) is 42.4 Å². The molecule has 2 aliphatic rings. The van der Waals surface area contributed by atoms with Crippen molar-refractivity contribution >= 4 is 34.9 Å². The second-order valence-electron chi connectivity index (χ2n) is 8.07. The molecule has 158 valence electrons. The van der Waals surface area contributed by atoms with Crippen LogP contribution in [0, 0.1) is 13.8 Å². The summed E-state index contributed by atoms with van der Waals surface area (Å²) in [5.41, 5.74) is 2.36. The number of benzene rings is 2. The molecule has 30 heavy (non-hydrogen) atoms. The van der Waals surface area contributed by atoms with E-state index in [9.17, 15) is 9.59 Å². The maximum atomic E-state index is 13.2. The summed E-state index contributed by atoms with van der Waals surface area (Å²) in [4.78, 5) is 27.7. The summed E-state index contributed by atoms with van der Waals surface area (Å²) in [6, 6.07) is 7.12. The number of hydrogen-bond donors (Lipinski definition) is 0. The molecule has 5 nitrogen and oxygen atoms in total. The fourth-order valence-corrected chi connectivity index (χ4v) is 4.89. The minimum Gasteiger partial charge on any atom is -0.494 e. The number of ether oxygens (including phenoxy) is 2. The summed E-state index contributed by atoms with van der Waals surface area (Å²) in [6.07, 6.45) is 1.46. The summed E-state index contributed by atoms with van der Waals surface area (Å²) in [6.45, 7) is 4.85. The van der Waals surface area contributed by atoms with Gasteiger partial charge in [-0.05, 0) is 43.2 Å². The number of piperidine rings is 1. The highest BCUT2D eigenvalue weighted by Gasteiger charge is 2.44. The van der Waals surface area contributed by atoms with Gasteiger partial charge in [0.2, 0.25) is 0 Å². The SMILES string of the molecule is COc1c(Cl)ccc(Cl)c1C(=O)N1CCC2(CC1)CC(=O)c1cc(C)cc(C)c1O2. The number of fused-ring (bicyclic) bond motifs is 1. The molecule has 2 aliphatic heterocycles. The average molecular weight is 448 g/mol. The monoisotopic (exact) mass is 447 g/mol. The molecule has 7 heteroatoms. The third-order valence-corrected chi connectivity index (χ3v) is 6.57. The third-order valence-electron chi connectivity index (χ3n) is 5.96. The zero-order chi connectivity index (χ0) is 21.6. The molecular formula is C23H23Cl2NO4. The zero-order valence-electron chi connectivity index (χ0n) is 17.2. The van der Waals surface area contributed by atoms with Gasteiger partial charge in [0.15, 0.2) is 11.5 Å². The van der Waals surface area contributed by atoms with Crippen LogP contribution < -0.4 is 9.47 Å². The van der Waals surface area contributed by atoms with Gasteiger partial charge < -0.3 is 14.4 Å². The maximum Gasteiger partial charge on any atom is 0.259 e. The molecule has 1 spiro atoms. The minimum absolute atomic E-state index is 0.0994. The Balaban J connectivity index is 1.56. The van der Waals surface area contributed by atoms with Crippen molar-refractivity contribution in [1.82, 2.24) is 4.90 Å². The molecule has 2 aromatic rings. The van der Waals surface area contributed by atoms with Crippen LogP contribution >= 0.6 is 23.2 Å². The van der Waals surface area contributed by atoms with Gasteiger partial charge >= 0.3 is 0 Å². The van der Waals surface area contributed by atoms with Crippen LogP contribution in [-0.2, 0) is 0 Å². The van der Waals surface area contributed by atoms with Gasteiger partial charge in [0, 0.05) is 25.9 Å². The van der Waals surface area contributed by atoms with Crippen molar-refractivity contribution in [3.63, 3.8) is 0 Å². The number of nitrogens with zero attached hydrogens (tertiary/aromatic N) is 1. The van der Waals surface area contributed by atoms with Crippen LogP contribution in [0.4, 0.5) is 0 Å². The van der Waals surface area contributed by atoms with E-state index in [0.29, 0.717) is 53.7 Å². The van der Waals surface area contributed by atoms with Crippen LogP contribution in [0.15, 0.2) is 24.3 Å². The molecule has 0 unspecified atom stereocenters. The second-order valence-corrected chi connectivity index (χ2v) is 8.89. The first kappa shape index (κ1) is 21.0.